The van der Waals surface area contributed by atoms with E-state index in [1.807, 2.05) is 4.68 Å². The monoisotopic (exact) mass is 418 g/mol. The van der Waals surface area contributed by atoms with Crippen molar-refractivity contribution in [1.29, 1.82) is 0 Å². The molecule has 0 bridgehead atoms. The Morgan fingerprint density at radius 3 is 2.87 bits per heavy atom. The largest absolute Gasteiger partial charge is 0.370 e. The molecule has 0 aromatic carbocycles. The number of carbonyl (C=O) groups excluding carboxylic acids is 2. The minimum Gasteiger partial charge on any atom is -0.370 e. The van der Waals surface area contributed by atoms with Gasteiger partial charge in [0, 0.05) is 58.1 Å². The Kier molecular flexibility index (Phi) is 7.11. The van der Waals surface area contributed by atoms with Crippen LogP contribution in [0.1, 0.15) is 24.9 Å². The zero-order chi connectivity index (χ0) is 21.7. The number of likely N-dealkylation sites (tertiary alicyclic amines) is 1. The van der Waals surface area contributed by atoms with Crippen molar-refractivity contribution in [3.63, 3.8) is 0 Å². The number of rotatable bonds is 8. The highest BCUT2D eigenvalue weighted by molar-refractivity contribution is 5.88. The molecule has 0 spiro atoms. The maximum Gasteiger partial charge on any atom is 0.248 e. The Bertz CT molecular complexity index is 887. The number of anilines is 1. The Hall–Kier alpha value is -2.85. The maximum atomic E-state index is 14.1. The number of hydrogen-bond acceptors (Lipinski definition) is 6. The summed E-state index contributed by atoms with van der Waals surface area (Å²) in [7, 11) is 3.36. The molecule has 0 unspecified atom stereocenters. The van der Waals surface area contributed by atoms with Crippen LogP contribution in [0.4, 0.5) is 10.1 Å². The van der Waals surface area contributed by atoms with Crippen LogP contribution in [0.2, 0.25) is 0 Å². The van der Waals surface area contributed by atoms with Gasteiger partial charge in [-0.3, -0.25) is 24.2 Å². The third-order valence-electron chi connectivity index (χ3n) is 5.07. The highest BCUT2D eigenvalue weighted by atomic mass is 19.1. The maximum absolute atomic E-state index is 14.1. The molecule has 0 saturated carbocycles. The van der Waals surface area contributed by atoms with Gasteiger partial charge in [0.1, 0.15) is 12.4 Å². The van der Waals surface area contributed by atoms with Gasteiger partial charge in [0.15, 0.2) is 0 Å². The number of amides is 2. The van der Waals surface area contributed by atoms with E-state index in [0.29, 0.717) is 30.9 Å². The number of aromatic nitrogens is 3. The van der Waals surface area contributed by atoms with Crippen LogP contribution < -0.4 is 5.32 Å². The van der Waals surface area contributed by atoms with E-state index in [4.69, 9.17) is 4.74 Å². The highest BCUT2D eigenvalue weighted by Crippen LogP contribution is 2.30. The van der Waals surface area contributed by atoms with E-state index in [1.54, 1.807) is 38.8 Å². The van der Waals surface area contributed by atoms with Crippen molar-refractivity contribution >= 4 is 17.5 Å². The summed E-state index contributed by atoms with van der Waals surface area (Å²) in [5.41, 5.74) is 1.19. The summed E-state index contributed by atoms with van der Waals surface area (Å²) in [6, 6.07) is 1.69. The summed E-state index contributed by atoms with van der Waals surface area (Å²) in [6.45, 7) is 2.84. The number of nitrogens with zero attached hydrogens (tertiary/aromatic N) is 5. The third-order valence-corrected chi connectivity index (χ3v) is 5.07. The molecule has 2 aromatic rings. The minimum atomic E-state index is -0.351. The lowest BCUT2D eigenvalue weighted by molar-refractivity contribution is -0.134. The number of pyridine rings is 1. The Morgan fingerprint density at radius 2 is 2.17 bits per heavy atom. The molecule has 0 radical (unpaired) electrons. The minimum absolute atomic E-state index is 0.0000737. The highest BCUT2D eigenvalue weighted by Gasteiger charge is 2.34. The molecule has 2 atom stereocenters. The molecular formula is C20H27FN6O3. The van der Waals surface area contributed by atoms with Crippen LogP contribution in [-0.2, 0) is 20.9 Å². The van der Waals surface area contributed by atoms with Gasteiger partial charge in [0.25, 0.3) is 0 Å². The fraction of sp³-hybridized carbons (Fsp3) is 0.500. The van der Waals surface area contributed by atoms with Crippen molar-refractivity contribution in [2.24, 2.45) is 0 Å². The van der Waals surface area contributed by atoms with Crippen LogP contribution in [0, 0.1) is 5.82 Å². The number of nitrogens with one attached hydrogen (secondary N) is 1. The summed E-state index contributed by atoms with van der Waals surface area (Å²) >= 11 is 0. The van der Waals surface area contributed by atoms with E-state index in [2.05, 4.69) is 20.3 Å². The molecule has 3 heterocycles. The van der Waals surface area contributed by atoms with Crippen molar-refractivity contribution in [3.8, 4) is 0 Å². The van der Waals surface area contributed by atoms with E-state index in [1.165, 1.54) is 18.0 Å². The molecule has 1 aliphatic rings. The fourth-order valence-electron chi connectivity index (χ4n) is 3.48. The van der Waals surface area contributed by atoms with Gasteiger partial charge in [-0.15, -0.1) is 0 Å². The lowest BCUT2D eigenvalue weighted by atomic mass is 10.2. The summed E-state index contributed by atoms with van der Waals surface area (Å²) in [5.74, 6) is -0.619. The second kappa shape index (κ2) is 9.77. The van der Waals surface area contributed by atoms with E-state index in [9.17, 15) is 14.0 Å². The molecule has 1 saturated heterocycles. The van der Waals surface area contributed by atoms with Crippen molar-refractivity contribution < 1.29 is 18.7 Å². The van der Waals surface area contributed by atoms with E-state index in [0.717, 1.165) is 6.42 Å². The zero-order valence-corrected chi connectivity index (χ0v) is 17.4. The molecule has 1 aliphatic heterocycles. The smallest absolute Gasteiger partial charge is 0.248 e. The molecule has 162 valence electrons. The summed E-state index contributed by atoms with van der Waals surface area (Å²) in [6.07, 6.45) is 6.89. The van der Waals surface area contributed by atoms with Crippen molar-refractivity contribution in [1.82, 2.24) is 24.6 Å². The van der Waals surface area contributed by atoms with Gasteiger partial charge in [-0.05, 0) is 12.5 Å². The van der Waals surface area contributed by atoms with E-state index in [-0.39, 0.29) is 36.3 Å². The van der Waals surface area contributed by atoms with Gasteiger partial charge in [-0.2, -0.15) is 5.10 Å². The van der Waals surface area contributed by atoms with Crippen LogP contribution in [0.5, 0.6) is 0 Å². The normalized spacial score (nSPS) is 19.1. The van der Waals surface area contributed by atoms with Crippen LogP contribution in [0.15, 0.2) is 30.9 Å². The van der Waals surface area contributed by atoms with Crippen LogP contribution in [0.25, 0.3) is 0 Å². The number of carbonyl (C=O) groups is 2. The van der Waals surface area contributed by atoms with Crippen LogP contribution in [-0.4, -0.2) is 76.3 Å². The van der Waals surface area contributed by atoms with Crippen LogP contribution >= 0.6 is 0 Å². The van der Waals surface area contributed by atoms with Crippen molar-refractivity contribution in [2.45, 2.75) is 32.0 Å². The molecule has 0 aliphatic carbocycles. The number of ether oxygens (including phenoxy) is 1. The Balaban J connectivity index is 1.70. The van der Waals surface area contributed by atoms with Gasteiger partial charge in [0.05, 0.1) is 30.7 Å². The molecule has 10 heteroatoms. The van der Waals surface area contributed by atoms with Crippen molar-refractivity contribution in [2.75, 3.05) is 39.2 Å². The summed E-state index contributed by atoms with van der Waals surface area (Å²) in [5, 5.41) is 7.08. The van der Waals surface area contributed by atoms with Crippen molar-refractivity contribution in [3.05, 3.63) is 42.2 Å². The van der Waals surface area contributed by atoms with Crippen LogP contribution in [0.3, 0.4) is 0 Å². The van der Waals surface area contributed by atoms with Gasteiger partial charge in [-0.25, -0.2) is 4.39 Å². The molecule has 2 aromatic heterocycles. The predicted octanol–water partition coefficient (Wildman–Crippen LogP) is 1.30. The van der Waals surface area contributed by atoms with E-state index < -0.39 is 0 Å². The second-order valence-corrected chi connectivity index (χ2v) is 7.63. The molecule has 2 amide bonds. The second-order valence-electron chi connectivity index (χ2n) is 7.63. The SMILES string of the molecule is CC(=O)Nc1cnn([C@H]2C[C@@H](COCC(=O)N(C)C)N(Cc3ccncc3F)C2)c1. The quantitative estimate of drug-likeness (QED) is 0.695. The first-order valence-corrected chi connectivity index (χ1v) is 9.75. The zero-order valence-electron chi connectivity index (χ0n) is 17.4. The first kappa shape index (κ1) is 21.8. The number of halogens is 1. The van der Waals surface area contributed by atoms with E-state index >= 15 is 0 Å². The molecule has 9 nitrogen and oxygen atoms in total. The topological polar surface area (TPSA) is 92.6 Å². The molecular weight excluding hydrogens is 391 g/mol. The fourth-order valence-corrected chi connectivity index (χ4v) is 3.48. The van der Waals surface area contributed by atoms with Gasteiger partial charge in [0.2, 0.25) is 11.8 Å². The molecule has 3 rings (SSSR count). The molecule has 1 fully saturated rings. The number of hydrogen-bond donors (Lipinski definition) is 1. The summed E-state index contributed by atoms with van der Waals surface area (Å²) < 4.78 is 21.6. The third kappa shape index (κ3) is 5.61. The molecule has 30 heavy (non-hydrogen) atoms. The lowest BCUT2D eigenvalue weighted by Gasteiger charge is -2.24. The number of likely N-dealkylation sites (N-methyl/N-ethyl adjacent to an activating group) is 1. The lowest BCUT2D eigenvalue weighted by Crippen LogP contribution is -2.35. The van der Waals surface area contributed by atoms with Gasteiger partial charge >= 0.3 is 0 Å². The van der Waals surface area contributed by atoms with Gasteiger partial charge in [-0.1, -0.05) is 0 Å². The summed E-state index contributed by atoms with van der Waals surface area (Å²) in [4.78, 5) is 30.5. The Morgan fingerprint density at radius 1 is 1.37 bits per heavy atom. The first-order chi connectivity index (χ1) is 14.3. The average molecular weight is 418 g/mol. The standard InChI is InChI=1S/C20H27FN6O3/c1-14(28)24-16-7-23-27(10-16)17-6-18(12-30-13-20(29)25(2)3)26(11-17)9-15-4-5-22-8-19(15)21/h4-5,7-8,10,17-18H,6,9,11-13H2,1-3H3,(H,24,28)/t17-,18-/m0/s1. The Labute approximate surface area is 174 Å². The predicted molar refractivity (Wildman–Crippen MR) is 108 cm³/mol. The average Bonchev–Trinajstić information content (AvgIpc) is 3.30. The molecule has 1 N–H and O–H groups in total. The first-order valence-electron chi connectivity index (χ1n) is 9.75. The van der Waals surface area contributed by atoms with Gasteiger partial charge < -0.3 is 15.0 Å².